The van der Waals surface area contributed by atoms with Crippen molar-refractivity contribution in [3.8, 4) is 11.5 Å². The van der Waals surface area contributed by atoms with Crippen molar-refractivity contribution in [3.05, 3.63) is 71.7 Å². The van der Waals surface area contributed by atoms with Crippen LogP contribution in [0.4, 0.5) is 5.69 Å². The number of carbonyl (C=O) groups is 1. The summed E-state index contributed by atoms with van der Waals surface area (Å²) in [5.74, 6) is 1.03. The summed E-state index contributed by atoms with van der Waals surface area (Å²) in [7, 11) is -1.18. The number of sulfonamides is 1. The number of hydrazone groups is 1. The third-order valence-electron chi connectivity index (χ3n) is 4.52. The van der Waals surface area contributed by atoms with Gasteiger partial charge in [-0.3, -0.25) is 4.79 Å². The van der Waals surface area contributed by atoms with Crippen LogP contribution >= 0.6 is 0 Å². The van der Waals surface area contributed by atoms with Gasteiger partial charge in [0.15, 0.2) is 5.76 Å². The average Bonchev–Trinajstić information content (AvgIpc) is 3.24. The number of hydrogen-bond acceptors (Lipinski definition) is 7. The number of nitrogens with one attached hydrogen (secondary N) is 2. The van der Waals surface area contributed by atoms with Gasteiger partial charge in [0.1, 0.15) is 22.2 Å². The van der Waals surface area contributed by atoms with Gasteiger partial charge in [0.05, 0.1) is 19.9 Å². The van der Waals surface area contributed by atoms with E-state index in [1.807, 2.05) is 0 Å². The number of amides is 1. The standard InChI is InChI=1S/C22H23N3O6S/c1-14-5-11-20(31-14)22(26)23-17-8-6-16(7-9-17)15(2)24-25-32(27,28)21-13-18(29-3)10-12-19(21)30-4/h5-13,25H,1-4H3,(H,23,26). The van der Waals surface area contributed by atoms with Gasteiger partial charge in [-0.25, -0.2) is 0 Å². The summed E-state index contributed by atoms with van der Waals surface area (Å²) in [5.41, 5.74) is 1.65. The average molecular weight is 458 g/mol. The molecule has 0 radical (unpaired) electrons. The molecule has 10 heteroatoms. The van der Waals surface area contributed by atoms with Crippen molar-refractivity contribution in [2.45, 2.75) is 18.7 Å². The second-order valence-electron chi connectivity index (χ2n) is 6.75. The predicted molar refractivity (Wildman–Crippen MR) is 120 cm³/mol. The fourth-order valence-electron chi connectivity index (χ4n) is 2.78. The molecule has 0 saturated heterocycles. The van der Waals surface area contributed by atoms with E-state index in [1.54, 1.807) is 56.3 Å². The number of nitrogens with zero attached hydrogens (tertiary/aromatic N) is 1. The van der Waals surface area contributed by atoms with Gasteiger partial charge in [-0.15, -0.1) is 0 Å². The van der Waals surface area contributed by atoms with Crippen LogP contribution in [0.25, 0.3) is 0 Å². The summed E-state index contributed by atoms with van der Waals surface area (Å²) in [4.78, 5) is 14.3. The molecule has 0 unspecified atom stereocenters. The fourth-order valence-corrected chi connectivity index (χ4v) is 3.82. The fraction of sp³-hybridized carbons (Fsp3) is 0.182. The molecular formula is C22H23N3O6S. The third-order valence-corrected chi connectivity index (χ3v) is 5.75. The molecule has 3 rings (SSSR count). The summed E-state index contributed by atoms with van der Waals surface area (Å²) >= 11 is 0. The lowest BCUT2D eigenvalue weighted by molar-refractivity contribution is 0.0995. The summed E-state index contributed by atoms with van der Waals surface area (Å²) in [5, 5.41) is 6.72. The molecule has 0 bridgehead atoms. The Bertz CT molecular complexity index is 1250. The molecule has 0 atom stereocenters. The van der Waals surface area contributed by atoms with E-state index in [0.29, 0.717) is 28.5 Å². The van der Waals surface area contributed by atoms with Crippen LogP contribution in [0.1, 0.15) is 28.8 Å². The first kappa shape index (κ1) is 22.9. The van der Waals surface area contributed by atoms with Crippen LogP contribution in [-0.4, -0.2) is 34.3 Å². The molecule has 2 aromatic carbocycles. The second kappa shape index (κ2) is 9.56. The van der Waals surface area contributed by atoms with E-state index >= 15 is 0 Å². The zero-order valence-electron chi connectivity index (χ0n) is 18.0. The summed E-state index contributed by atoms with van der Waals surface area (Å²) in [6, 6.07) is 14.5. The number of methoxy groups -OCH3 is 2. The Kier molecular flexibility index (Phi) is 6.84. The molecule has 1 heterocycles. The molecule has 0 spiro atoms. The highest BCUT2D eigenvalue weighted by atomic mass is 32.2. The highest BCUT2D eigenvalue weighted by Crippen LogP contribution is 2.28. The maximum atomic E-state index is 12.7. The molecule has 2 N–H and O–H groups in total. The zero-order valence-corrected chi connectivity index (χ0v) is 18.8. The number of benzene rings is 2. The molecule has 168 valence electrons. The topological polar surface area (TPSA) is 119 Å². The normalized spacial score (nSPS) is 11.7. The molecule has 0 aliphatic heterocycles. The minimum absolute atomic E-state index is 0.0953. The van der Waals surface area contributed by atoms with E-state index in [1.165, 1.54) is 26.4 Å². The van der Waals surface area contributed by atoms with Gasteiger partial charge in [0.25, 0.3) is 15.9 Å². The third kappa shape index (κ3) is 5.27. The van der Waals surface area contributed by atoms with Crippen LogP contribution in [0.2, 0.25) is 0 Å². The first-order valence-electron chi connectivity index (χ1n) is 9.50. The number of carbonyl (C=O) groups excluding carboxylic acids is 1. The first-order valence-corrected chi connectivity index (χ1v) is 11.0. The lowest BCUT2D eigenvalue weighted by atomic mass is 10.1. The number of furan rings is 1. The first-order chi connectivity index (χ1) is 15.2. The second-order valence-corrected chi connectivity index (χ2v) is 8.38. The van der Waals surface area contributed by atoms with Crippen molar-refractivity contribution < 1.29 is 27.1 Å². The lowest BCUT2D eigenvalue weighted by Crippen LogP contribution is -2.20. The minimum Gasteiger partial charge on any atom is -0.497 e. The van der Waals surface area contributed by atoms with Gasteiger partial charge < -0.3 is 19.2 Å². The Hall–Kier alpha value is -3.79. The van der Waals surface area contributed by atoms with E-state index in [2.05, 4.69) is 15.2 Å². The number of ether oxygens (including phenoxy) is 2. The number of rotatable bonds is 8. The smallest absolute Gasteiger partial charge is 0.291 e. The monoisotopic (exact) mass is 457 g/mol. The molecule has 1 aromatic heterocycles. The van der Waals surface area contributed by atoms with Crippen LogP contribution in [-0.2, 0) is 10.0 Å². The van der Waals surface area contributed by atoms with Gasteiger partial charge in [-0.2, -0.15) is 18.4 Å². The lowest BCUT2D eigenvalue weighted by Gasteiger charge is -2.11. The quantitative estimate of drug-likeness (QED) is 0.394. The molecular weight excluding hydrogens is 434 g/mol. The summed E-state index contributed by atoms with van der Waals surface area (Å²) < 4.78 is 41.0. The van der Waals surface area contributed by atoms with E-state index in [-0.39, 0.29) is 22.3 Å². The van der Waals surface area contributed by atoms with Gasteiger partial charge in [-0.05, 0) is 55.8 Å². The molecule has 0 aliphatic rings. The molecule has 0 fully saturated rings. The largest absolute Gasteiger partial charge is 0.497 e. The molecule has 0 saturated carbocycles. The number of anilines is 1. The van der Waals surface area contributed by atoms with Crippen molar-refractivity contribution in [2.24, 2.45) is 5.10 Å². The van der Waals surface area contributed by atoms with Crippen molar-refractivity contribution in [3.63, 3.8) is 0 Å². The Morgan fingerprint density at radius 1 is 1.00 bits per heavy atom. The van der Waals surface area contributed by atoms with E-state index in [4.69, 9.17) is 13.9 Å². The van der Waals surface area contributed by atoms with E-state index in [9.17, 15) is 13.2 Å². The SMILES string of the molecule is COc1ccc(OC)c(S(=O)(=O)NN=C(C)c2ccc(NC(=O)c3ccc(C)o3)cc2)c1. The van der Waals surface area contributed by atoms with Crippen molar-refractivity contribution >= 4 is 27.3 Å². The molecule has 3 aromatic rings. The predicted octanol–water partition coefficient (Wildman–Crippen LogP) is 3.56. The maximum absolute atomic E-state index is 12.7. The maximum Gasteiger partial charge on any atom is 0.291 e. The van der Waals surface area contributed by atoms with Gasteiger partial charge >= 0.3 is 0 Å². The molecule has 0 aliphatic carbocycles. The molecule has 1 amide bonds. The van der Waals surface area contributed by atoms with Crippen LogP contribution in [0, 0.1) is 6.92 Å². The Balaban J connectivity index is 1.72. The highest BCUT2D eigenvalue weighted by molar-refractivity contribution is 7.89. The minimum atomic E-state index is -4.00. The van der Waals surface area contributed by atoms with Gasteiger partial charge in [0, 0.05) is 11.8 Å². The number of aryl methyl sites for hydroxylation is 1. The Morgan fingerprint density at radius 2 is 1.72 bits per heavy atom. The number of hydrogen-bond donors (Lipinski definition) is 2. The van der Waals surface area contributed by atoms with Crippen molar-refractivity contribution in [1.29, 1.82) is 0 Å². The summed E-state index contributed by atoms with van der Waals surface area (Å²) in [6.45, 7) is 3.41. The van der Waals surface area contributed by atoms with Gasteiger partial charge in [-0.1, -0.05) is 12.1 Å². The van der Waals surface area contributed by atoms with E-state index in [0.717, 1.165) is 0 Å². The van der Waals surface area contributed by atoms with Crippen molar-refractivity contribution in [1.82, 2.24) is 4.83 Å². The Morgan fingerprint density at radius 3 is 2.31 bits per heavy atom. The summed E-state index contributed by atoms with van der Waals surface area (Å²) in [6.07, 6.45) is 0. The zero-order chi connectivity index (χ0) is 23.3. The van der Waals surface area contributed by atoms with Crippen LogP contribution < -0.4 is 19.6 Å². The van der Waals surface area contributed by atoms with Gasteiger partial charge in [0.2, 0.25) is 0 Å². The Labute approximate surface area is 186 Å². The van der Waals surface area contributed by atoms with Crippen molar-refractivity contribution in [2.75, 3.05) is 19.5 Å². The van der Waals surface area contributed by atoms with Crippen LogP contribution in [0.3, 0.4) is 0 Å². The van der Waals surface area contributed by atoms with Crippen LogP contribution in [0.5, 0.6) is 11.5 Å². The molecule has 9 nitrogen and oxygen atoms in total. The van der Waals surface area contributed by atoms with E-state index < -0.39 is 10.0 Å². The molecule has 32 heavy (non-hydrogen) atoms. The highest BCUT2D eigenvalue weighted by Gasteiger charge is 2.20. The van der Waals surface area contributed by atoms with Crippen LogP contribution in [0.15, 0.2) is 69.0 Å².